The van der Waals surface area contributed by atoms with Crippen LogP contribution in [0.3, 0.4) is 0 Å². The molecule has 4 aromatic rings. The molecule has 0 bridgehead atoms. The van der Waals surface area contributed by atoms with Gasteiger partial charge in [-0.05, 0) is 90.4 Å². The number of rotatable bonds is 2. The molecule has 0 N–H and O–H groups in total. The molecular formula is C36H38. The summed E-state index contributed by atoms with van der Waals surface area (Å²) >= 11 is 0. The van der Waals surface area contributed by atoms with Gasteiger partial charge in [-0.25, -0.2) is 0 Å². The Labute approximate surface area is 217 Å². The molecule has 6 rings (SSSR count). The van der Waals surface area contributed by atoms with Crippen molar-refractivity contribution in [1.82, 2.24) is 0 Å². The maximum atomic E-state index is 2.53. The smallest absolute Gasteiger partial charge is 0.0358 e. The lowest BCUT2D eigenvalue weighted by molar-refractivity contribution is 0.589. The highest BCUT2D eigenvalue weighted by molar-refractivity contribution is 5.85. The maximum Gasteiger partial charge on any atom is 0.0358 e. The number of fused-ring (bicyclic) bond motifs is 6. The first-order valence-electron chi connectivity index (χ1n) is 13.6. The van der Waals surface area contributed by atoms with E-state index < -0.39 is 0 Å². The van der Waals surface area contributed by atoms with Gasteiger partial charge in [0.2, 0.25) is 0 Å². The zero-order chi connectivity index (χ0) is 25.4. The van der Waals surface area contributed by atoms with Crippen molar-refractivity contribution < 1.29 is 0 Å². The molecule has 0 aromatic heterocycles. The van der Waals surface area contributed by atoms with E-state index in [2.05, 4.69) is 121 Å². The van der Waals surface area contributed by atoms with Crippen LogP contribution in [0.1, 0.15) is 98.9 Å². The van der Waals surface area contributed by atoms with Gasteiger partial charge in [0.1, 0.15) is 0 Å². The van der Waals surface area contributed by atoms with Gasteiger partial charge in [-0.2, -0.15) is 0 Å². The van der Waals surface area contributed by atoms with Gasteiger partial charge in [-0.15, -0.1) is 0 Å². The topological polar surface area (TPSA) is 0 Å². The standard InChI is InChI=1S/C36H38/c1-8-22-13-16-27-26-12-10-9-11-23(26)19-30(27)33(22)34-31-20-24(35(2,3)4)14-17-28(31)29-18-15-25(21-32(29)34)36(5,6)7/h9-18,20-21,34H,8,19H2,1-7H3. The molecule has 36 heavy (non-hydrogen) atoms. The normalized spacial score (nSPS) is 14.4. The summed E-state index contributed by atoms with van der Waals surface area (Å²) in [6.45, 7) is 16.3. The maximum absolute atomic E-state index is 2.53. The summed E-state index contributed by atoms with van der Waals surface area (Å²) in [5.41, 5.74) is 17.8. The SMILES string of the molecule is CCc1ccc2c(c1C1c3cc(C(C)(C)C)ccc3-c3ccc(C(C)(C)C)cc31)Cc1ccccc1-2. The molecule has 0 nitrogen and oxygen atoms in total. The van der Waals surface area contributed by atoms with Gasteiger partial charge in [-0.1, -0.05) is 121 Å². The number of aryl methyl sites for hydroxylation is 1. The molecule has 0 heterocycles. The van der Waals surface area contributed by atoms with E-state index in [1.807, 2.05) is 0 Å². The molecule has 2 aliphatic rings. The van der Waals surface area contributed by atoms with Crippen molar-refractivity contribution in [2.24, 2.45) is 0 Å². The third-order valence-electron chi connectivity index (χ3n) is 8.54. The molecule has 0 radical (unpaired) electrons. The van der Waals surface area contributed by atoms with Crippen molar-refractivity contribution in [3.05, 3.63) is 117 Å². The molecule has 0 amide bonds. The largest absolute Gasteiger partial charge is 0.0619 e. The van der Waals surface area contributed by atoms with Crippen LogP contribution in [0.5, 0.6) is 0 Å². The summed E-state index contributed by atoms with van der Waals surface area (Å²) in [5, 5.41) is 0. The van der Waals surface area contributed by atoms with E-state index in [9.17, 15) is 0 Å². The van der Waals surface area contributed by atoms with E-state index in [0.29, 0.717) is 0 Å². The van der Waals surface area contributed by atoms with Crippen LogP contribution in [0.15, 0.2) is 72.8 Å². The lowest BCUT2D eigenvalue weighted by atomic mass is 9.78. The van der Waals surface area contributed by atoms with Gasteiger partial charge < -0.3 is 0 Å². The minimum absolute atomic E-state index is 0.118. The van der Waals surface area contributed by atoms with Crippen LogP contribution >= 0.6 is 0 Å². The molecule has 4 aromatic carbocycles. The molecule has 0 spiro atoms. The van der Waals surface area contributed by atoms with Crippen molar-refractivity contribution in [2.75, 3.05) is 0 Å². The number of hydrogen-bond acceptors (Lipinski definition) is 0. The third-order valence-corrected chi connectivity index (χ3v) is 8.54. The zero-order valence-electron chi connectivity index (χ0n) is 22.9. The van der Waals surface area contributed by atoms with Crippen molar-refractivity contribution in [2.45, 2.75) is 78.1 Å². The Hall–Kier alpha value is -3.12. The average Bonchev–Trinajstić information content (AvgIpc) is 3.37. The molecule has 0 saturated heterocycles. The monoisotopic (exact) mass is 470 g/mol. The lowest BCUT2D eigenvalue weighted by Gasteiger charge is -2.26. The summed E-state index contributed by atoms with van der Waals surface area (Å²) in [4.78, 5) is 0. The van der Waals surface area contributed by atoms with Crippen LogP contribution in [-0.2, 0) is 23.7 Å². The summed E-state index contributed by atoms with van der Waals surface area (Å²) in [5.74, 6) is 0.277. The van der Waals surface area contributed by atoms with Crippen LogP contribution in [0.4, 0.5) is 0 Å². The minimum atomic E-state index is 0.118. The highest BCUT2D eigenvalue weighted by Crippen LogP contribution is 2.53. The predicted molar refractivity (Wildman–Crippen MR) is 154 cm³/mol. The van der Waals surface area contributed by atoms with Gasteiger partial charge in [0.15, 0.2) is 0 Å². The van der Waals surface area contributed by atoms with E-state index in [4.69, 9.17) is 0 Å². The highest BCUT2D eigenvalue weighted by Gasteiger charge is 2.36. The van der Waals surface area contributed by atoms with E-state index in [1.165, 1.54) is 55.6 Å². The molecule has 0 atom stereocenters. The zero-order valence-corrected chi connectivity index (χ0v) is 22.9. The molecule has 0 heteroatoms. The minimum Gasteiger partial charge on any atom is -0.0619 e. The van der Waals surface area contributed by atoms with Crippen molar-refractivity contribution in [1.29, 1.82) is 0 Å². The van der Waals surface area contributed by atoms with Crippen molar-refractivity contribution in [3.63, 3.8) is 0 Å². The molecule has 182 valence electrons. The van der Waals surface area contributed by atoms with Gasteiger partial charge in [0.05, 0.1) is 0 Å². The summed E-state index contributed by atoms with van der Waals surface area (Å²) in [7, 11) is 0. The molecular weight excluding hydrogens is 432 g/mol. The molecule has 0 aliphatic heterocycles. The van der Waals surface area contributed by atoms with Gasteiger partial charge in [0.25, 0.3) is 0 Å². The summed E-state index contributed by atoms with van der Waals surface area (Å²) < 4.78 is 0. The first-order chi connectivity index (χ1) is 17.1. The number of benzene rings is 4. The van der Waals surface area contributed by atoms with Crippen LogP contribution in [0.25, 0.3) is 22.3 Å². The van der Waals surface area contributed by atoms with Crippen molar-refractivity contribution >= 4 is 0 Å². The summed E-state index contributed by atoms with van der Waals surface area (Å²) in [6, 6.07) is 28.4. The third kappa shape index (κ3) is 3.49. The molecule has 0 saturated carbocycles. The number of hydrogen-bond donors (Lipinski definition) is 0. The van der Waals surface area contributed by atoms with Crippen LogP contribution in [-0.4, -0.2) is 0 Å². The Bertz CT molecular complexity index is 1440. The lowest BCUT2D eigenvalue weighted by Crippen LogP contribution is -2.14. The summed E-state index contributed by atoms with van der Waals surface area (Å²) in [6.07, 6.45) is 2.09. The average molecular weight is 471 g/mol. The van der Waals surface area contributed by atoms with E-state index in [-0.39, 0.29) is 16.7 Å². The van der Waals surface area contributed by atoms with E-state index in [1.54, 1.807) is 11.1 Å². The van der Waals surface area contributed by atoms with Crippen LogP contribution in [0, 0.1) is 0 Å². The van der Waals surface area contributed by atoms with Gasteiger partial charge in [-0.3, -0.25) is 0 Å². The molecule has 2 aliphatic carbocycles. The second-order valence-electron chi connectivity index (χ2n) is 12.9. The Kier molecular flexibility index (Phi) is 5.14. The fourth-order valence-corrected chi connectivity index (χ4v) is 6.46. The van der Waals surface area contributed by atoms with Crippen LogP contribution in [0.2, 0.25) is 0 Å². The highest BCUT2D eigenvalue weighted by atomic mass is 14.4. The molecule has 0 fully saturated rings. The predicted octanol–water partition coefficient (Wildman–Crippen LogP) is 9.58. The van der Waals surface area contributed by atoms with Crippen LogP contribution < -0.4 is 0 Å². The molecule has 0 unspecified atom stereocenters. The fraction of sp³-hybridized carbons (Fsp3) is 0.333. The van der Waals surface area contributed by atoms with Gasteiger partial charge in [0, 0.05) is 5.92 Å². The van der Waals surface area contributed by atoms with Crippen molar-refractivity contribution in [3.8, 4) is 22.3 Å². The first-order valence-corrected chi connectivity index (χ1v) is 13.6. The Morgan fingerprint density at radius 3 is 1.75 bits per heavy atom. The fourth-order valence-electron chi connectivity index (χ4n) is 6.46. The Morgan fingerprint density at radius 2 is 1.19 bits per heavy atom. The van der Waals surface area contributed by atoms with Gasteiger partial charge >= 0.3 is 0 Å². The second kappa shape index (κ2) is 7.94. The van der Waals surface area contributed by atoms with E-state index in [0.717, 1.165) is 12.8 Å². The first kappa shape index (κ1) is 23.3. The Balaban J connectivity index is 1.66. The van der Waals surface area contributed by atoms with E-state index >= 15 is 0 Å². The Morgan fingerprint density at radius 1 is 0.639 bits per heavy atom. The second-order valence-corrected chi connectivity index (χ2v) is 12.9. The quantitative estimate of drug-likeness (QED) is 0.236.